The molecule has 26 heavy (non-hydrogen) atoms. The molecule has 2 aromatic carbocycles. The number of hydrogen-bond donors (Lipinski definition) is 3. The van der Waals surface area contributed by atoms with Gasteiger partial charge in [0.2, 0.25) is 0 Å². The van der Waals surface area contributed by atoms with Crippen molar-refractivity contribution in [3.05, 3.63) is 40.9 Å². The predicted molar refractivity (Wildman–Crippen MR) is 102 cm³/mol. The summed E-state index contributed by atoms with van der Waals surface area (Å²) in [7, 11) is 1.71. The molecule has 0 saturated heterocycles. The molecule has 0 radical (unpaired) electrons. The van der Waals surface area contributed by atoms with Gasteiger partial charge in [-0.3, -0.25) is 0 Å². The van der Waals surface area contributed by atoms with E-state index in [1.54, 1.807) is 7.11 Å². The third-order valence-electron chi connectivity index (χ3n) is 3.25. The molecule has 3 N–H and O–H groups in total. The lowest BCUT2D eigenvalue weighted by molar-refractivity contribution is -0.159. The van der Waals surface area contributed by atoms with Crippen molar-refractivity contribution >= 4 is 38.6 Å². The van der Waals surface area contributed by atoms with Crippen LogP contribution in [0.1, 0.15) is 6.42 Å². The number of halogens is 1. The smallest absolute Gasteiger partial charge is 0.414 e. The van der Waals surface area contributed by atoms with E-state index in [-0.39, 0.29) is 0 Å². The Balaban J connectivity index is 0.000000487. The lowest BCUT2D eigenvalue weighted by Gasteiger charge is -2.10. The standard InChI is InChI=1S/C16H20BrNO2.C2H2O4/c1-19-12-10-18-9-4-11-20-15-8-7-13-5-2-3-6-14(13)16(15)17;3-1(4)2(5)6/h2-3,5-8,18H,4,9-12H2,1H3;(H,3,4)(H,5,6). The fraction of sp³-hybridized carbons (Fsp3) is 0.333. The molecule has 0 heterocycles. The van der Waals surface area contributed by atoms with E-state index < -0.39 is 11.9 Å². The average molecular weight is 428 g/mol. The molecule has 2 rings (SSSR count). The Labute approximate surface area is 160 Å². The summed E-state index contributed by atoms with van der Waals surface area (Å²) < 4.78 is 11.8. The van der Waals surface area contributed by atoms with Crippen molar-refractivity contribution in [3.8, 4) is 5.75 Å². The summed E-state index contributed by atoms with van der Waals surface area (Å²) in [5, 5.41) is 20.5. The van der Waals surface area contributed by atoms with Gasteiger partial charge in [-0.15, -0.1) is 0 Å². The van der Waals surface area contributed by atoms with Gasteiger partial charge in [0.25, 0.3) is 0 Å². The first-order chi connectivity index (χ1) is 12.5. The first kappa shape index (κ1) is 21.9. The van der Waals surface area contributed by atoms with Crippen LogP contribution in [0.3, 0.4) is 0 Å². The van der Waals surface area contributed by atoms with Gasteiger partial charge in [-0.1, -0.05) is 30.3 Å². The van der Waals surface area contributed by atoms with Crippen molar-refractivity contribution in [1.29, 1.82) is 0 Å². The van der Waals surface area contributed by atoms with Crippen LogP contribution >= 0.6 is 15.9 Å². The summed E-state index contributed by atoms with van der Waals surface area (Å²) in [4.78, 5) is 18.2. The van der Waals surface area contributed by atoms with Gasteiger partial charge in [0.15, 0.2) is 0 Å². The largest absolute Gasteiger partial charge is 0.492 e. The Kier molecular flexibility index (Phi) is 10.3. The van der Waals surface area contributed by atoms with Crippen molar-refractivity contribution in [1.82, 2.24) is 5.32 Å². The monoisotopic (exact) mass is 427 g/mol. The van der Waals surface area contributed by atoms with E-state index in [9.17, 15) is 0 Å². The van der Waals surface area contributed by atoms with Crippen LogP contribution in [-0.2, 0) is 14.3 Å². The third-order valence-corrected chi connectivity index (χ3v) is 4.07. The maximum Gasteiger partial charge on any atom is 0.414 e. The number of benzene rings is 2. The minimum absolute atomic E-state index is 0.705. The summed E-state index contributed by atoms with van der Waals surface area (Å²) in [6.07, 6.45) is 0.975. The normalized spacial score (nSPS) is 10.1. The number of nitrogens with one attached hydrogen (secondary N) is 1. The second-order valence-corrected chi connectivity index (χ2v) is 5.95. The van der Waals surface area contributed by atoms with E-state index in [0.717, 1.165) is 36.3 Å². The second kappa shape index (κ2) is 12.2. The zero-order valence-corrected chi connectivity index (χ0v) is 16.0. The van der Waals surface area contributed by atoms with Gasteiger partial charge in [-0.05, 0) is 45.7 Å². The van der Waals surface area contributed by atoms with Crippen molar-refractivity contribution in [2.24, 2.45) is 0 Å². The molecule has 0 aliphatic rings. The van der Waals surface area contributed by atoms with Crippen LogP contribution in [0.15, 0.2) is 40.9 Å². The fourth-order valence-corrected chi connectivity index (χ4v) is 2.61. The van der Waals surface area contributed by atoms with Gasteiger partial charge in [-0.2, -0.15) is 0 Å². The van der Waals surface area contributed by atoms with E-state index >= 15 is 0 Å². The SMILES string of the molecule is COCCNCCCOc1ccc2ccccc2c1Br.O=C(O)C(=O)O. The van der Waals surface area contributed by atoms with Gasteiger partial charge >= 0.3 is 11.9 Å². The second-order valence-electron chi connectivity index (χ2n) is 5.15. The Bertz CT molecular complexity index is 710. The molecule has 0 atom stereocenters. The number of fused-ring (bicyclic) bond motifs is 1. The molecule has 0 fully saturated rings. The number of hydrogen-bond acceptors (Lipinski definition) is 5. The highest BCUT2D eigenvalue weighted by Crippen LogP contribution is 2.32. The quantitative estimate of drug-likeness (QED) is 0.439. The van der Waals surface area contributed by atoms with Crippen molar-refractivity contribution in [2.45, 2.75) is 6.42 Å². The molecule has 0 spiro atoms. The predicted octanol–water partition coefficient (Wildman–Crippen LogP) is 2.76. The first-order valence-corrected chi connectivity index (χ1v) is 8.72. The molecule has 0 saturated carbocycles. The molecule has 0 unspecified atom stereocenters. The summed E-state index contributed by atoms with van der Waals surface area (Å²) in [6, 6.07) is 12.4. The molecule has 142 valence electrons. The number of carboxylic acids is 2. The van der Waals surface area contributed by atoms with Crippen LogP contribution in [0.5, 0.6) is 5.75 Å². The highest BCUT2D eigenvalue weighted by atomic mass is 79.9. The van der Waals surface area contributed by atoms with E-state index in [1.807, 2.05) is 18.2 Å². The molecule has 0 aliphatic heterocycles. The van der Waals surface area contributed by atoms with Gasteiger partial charge in [0.1, 0.15) is 5.75 Å². The molecule has 0 aliphatic carbocycles. The zero-order valence-electron chi connectivity index (χ0n) is 14.4. The molecule has 0 bridgehead atoms. The van der Waals surface area contributed by atoms with Crippen LogP contribution in [0, 0.1) is 0 Å². The average Bonchev–Trinajstić information content (AvgIpc) is 2.63. The topological polar surface area (TPSA) is 105 Å². The van der Waals surface area contributed by atoms with Crippen molar-refractivity contribution < 1.29 is 29.3 Å². The van der Waals surface area contributed by atoms with Crippen LogP contribution in [-0.4, -0.2) is 55.6 Å². The molecule has 0 amide bonds. The minimum atomic E-state index is -1.82. The molecular weight excluding hydrogens is 406 g/mol. The summed E-state index contributed by atoms with van der Waals surface area (Å²) >= 11 is 3.63. The molecular formula is C18H22BrNO6. The van der Waals surface area contributed by atoms with Gasteiger partial charge in [0, 0.05) is 13.7 Å². The van der Waals surface area contributed by atoms with Crippen molar-refractivity contribution in [2.75, 3.05) is 33.4 Å². The number of aliphatic carboxylic acids is 2. The van der Waals surface area contributed by atoms with E-state index in [0.29, 0.717) is 6.61 Å². The summed E-state index contributed by atoms with van der Waals surface area (Å²) in [6.45, 7) is 3.28. The minimum Gasteiger partial charge on any atom is -0.492 e. The Morgan fingerprint density at radius 2 is 1.73 bits per heavy atom. The molecule has 8 heteroatoms. The lowest BCUT2D eigenvalue weighted by atomic mass is 10.1. The van der Waals surface area contributed by atoms with Crippen LogP contribution in [0.2, 0.25) is 0 Å². The molecule has 7 nitrogen and oxygen atoms in total. The van der Waals surface area contributed by atoms with Crippen LogP contribution < -0.4 is 10.1 Å². The highest BCUT2D eigenvalue weighted by Gasteiger charge is 2.05. The summed E-state index contributed by atoms with van der Waals surface area (Å²) in [5.41, 5.74) is 0. The van der Waals surface area contributed by atoms with Gasteiger partial charge < -0.3 is 25.0 Å². The fourth-order valence-electron chi connectivity index (χ4n) is 2.00. The highest BCUT2D eigenvalue weighted by molar-refractivity contribution is 9.10. The van der Waals surface area contributed by atoms with Crippen LogP contribution in [0.4, 0.5) is 0 Å². The van der Waals surface area contributed by atoms with Crippen LogP contribution in [0.25, 0.3) is 10.8 Å². The number of carbonyl (C=O) groups is 2. The maximum atomic E-state index is 9.10. The van der Waals surface area contributed by atoms with E-state index in [4.69, 9.17) is 29.3 Å². The zero-order chi connectivity index (χ0) is 19.4. The Morgan fingerprint density at radius 3 is 2.38 bits per heavy atom. The Hall–Kier alpha value is -2.16. The maximum absolute atomic E-state index is 9.10. The number of ether oxygens (including phenoxy) is 2. The third kappa shape index (κ3) is 7.81. The summed E-state index contributed by atoms with van der Waals surface area (Å²) in [5.74, 6) is -2.74. The number of carboxylic acid groups (broad SMARTS) is 2. The molecule has 2 aromatic rings. The van der Waals surface area contributed by atoms with Gasteiger partial charge in [-0.25, -0.2) is 9.59 Å². The number of methoxy groups -OCH3 is 1. The van der Waals surface area contributed by atoms with Crippen molar-refractivity contribution in [3.63, 3.8) is 0 Å². The van der Waals surface area contributed by atoms with Gasteiger partial charge in [0.05, 0.1) is 17.7 Å². The number of rotatable bonds is 8. The first-order valence-electron chi connectivity index (χ1n) is 7.93. The molecule has 0 aromatic heterocycles. The van der Waals surface area contributed by atoms with E-state index in [2.05, 4.69) is 39.4 Å². The Morgan fingerprint density at radius 1 is 1.04 bits per heavy atom. The van der Waals surface area contributed by atoms with E-state index in [1.165, 1.54) is 10.8 Å². The lowest BCUT2D eigenvalue weighted by Crippen LogP contribution is -2.21.